The van der Waals surface area contributed by atoms with Crippen LogP contribution in [-0.2, 0) is 25.0 Å². The van der Waals surface area contributed by atoms with Gasteiger partial charge in [0.2, 0.25) is 22.7 Å². The molecule has 0 unspecified atom stereocenters. The van der Waals surface area contributed by atoms with Crippen molar-refractivity contribution in [3.05, 3.63) is 66.2 Å². The minimum absolute atomic E-state index is 0. The average molecular weight is 538 g/mol. The van der Waals surface area contributed by atoms with E-state index < -0.39 is 15.4 Å². The number of benzene rings is 2. The Labute approximate surface area is 223 Å². The number of anilines is 1. The second-order valence-corrected chi connectivity index (χ2v) is 11.8. The molecule has 1 aliphatic carbocycles. The number of fused-ring (bicyclic) bond motifs is 1. The van der Waals surface area contributed by atoms with Gasteiger partial charge in [-0.2, -0.15) is 4.31 Å². The minimum atomic E-state index is -3.61. The number of carbonyl (C=O) groups is 1. The molecule has 1 aromatic heterocycles. The highest BCUT2D eigenvalue weighted by Gasteiger charge is 2.51. The first-order chi connectivity index (χ1) is 18.4. The third kappa shape index (κ3) is 4.42. The highest BCUT2D eigenvalue weighted by molar-refractivity contribution is 7.89. The number of carbonyl (C=O) groups excluding carboxylic acids is 1. The number of methoxy groups -OCH3 is 1. The van der Waals surface area contributed by atoms with Gasteiger partial charge in [0.25, 0.3) is 0 Å². The number of pyridine rings is 1. The van der Waals surface area contributed by atoms with Crippen LogP contribution in [0.15, 0.2) is 65.6 Å². The molecule has 1 N–H and O–H groups in total. The first kappa shape index (κ1) is 24.8. The van der Waals surface area contributed by atoms with E-state index in [1.807, 2.05) is 30.3 Å². The van der Waals surface area contributed by atoms with Crippen molar-refractivity contribution in [2.75, 3.05) is 32.4 Å². The number of sulfonamides is 1. The summed E-state index contributed by atoms with van der Waals surface area (Å²) in [6.45, 7) is 1.07. The molecule has 9 nitrogen and oxygen atoms in total. The maximum atomic E-state index is 13.3. The summed E-state index contributed by atoms with van der Waals surface area (Å²) in [6.07, 6.45) is 3.11. The van der Waals surface area contributed by atoms with Crippen LogP contribution in [0, 0.1) is 0 Å². The van der Waals surface area contributed by atoms with E-state index in [1.54, 1.807) is 37.4 Å². The molecule has 1 atom stereocenters. The average Bonchev–Trinajstić information content (AvgIpc) is 3.37. The molecule has 3 aromatic rings. The lowest BCUT2D eigenvalue weighted by Crippen LogP contribution is -2.38. The Kier molecular flexibility index (Phi) is 6.33. The number of amides is 1. The summed E-state index contributed by atoms with van der Waals surface area (Å²) in [5.41, 5.74) is 1.69. The standard InChI is InChI=1S/C28H29N3O6S.H2/c1-35-17-21-4-3-15-31(21)38(33,34)22-10-7-19(8-11-22)23-5-2-6-26(29-23)30-27(32)28(13-14-28)20-9-12-24-25(16-20)37-18-36-24;/h2,5-12,16,21H,3-4,13-15,17-18H2,1H3,(H,29,30,32);1H/t21-;/m1./s1. The zero-order valence-electron chi connectivity index (χ0n) is 21.1. The van der Waals surface area contributed by atoms with Crippen LogP contribution in [0.25, 0.3) is 11.3 Å². The number of nitrogens with zero attached hydrogens (tertiary/aromatic N) is 2. The van der Waals surface area contributed by atoms with Gasteiger partial charge in [-0.15, -0.1) is 0 Å². The first-order valence-corrected chi connectivity index (χ1v) is 14.1. The van der Waals surface area contributed by atoms with E-state index in [0.717, 1.165) is 36.8 Å². The van der Waals surface area contributed by atoms with Crippen LogP contribution >= 0.6 is 0 Å². The monoisotopic (exact) mass is 537 g/mol. The zero-order chi connectivity index (χ0) is 26.3. The molecule has 3 heterocycles. The third-order valence-electron chi connectivity index (χ3n) is 7.54. The minimum Gasteiger partial charge on any atom is -0.454 e. The van der Waals surface area contributed by atoms with Gasteiger partial charge >= 0.3 is 0 Å². The van der Waals surface area contributed by atoms with E-state index in [2.05, 4.69) is 10.3 Å². The molecule has 2 aromatic carbocycles. The second kappa shape index (κ2) is 9.68. The Morgan fingerprint density at radius 3 is 2.68 bits per heavy atom. The van der Waals surface area contributed by atoms with Gasteiger partial charge < -0.3 is 19.5 Å². The number of hydrogen-bond acceptors (Lipinski definition) is 7. The van der Waals surface area contributed by atoms with Crippen molar-refractivity contribution in [1.82, 2.24) is 9.29 Å². The number of ether oxygens (including phenoxy) is 3. The molecule has 1 amide bonds. The van der Waals surface area contributed by atoms with Gasteiger partial charge in [0, 0.05) is 26.7 Å². The number of hydrogen-bond donors (Lipinski definition) is 1. The summed E-state index contributed by atoms with van der Waals surface area (Å²) < 4.78 is 44.1. The topological polar surface area (TPSA) is 107 Å². The maximum absolute atomic E-state index is 13.3. The fourth-order valence-corrected chi connectivity index (χ4v) is 6.96. The molecule has 0 bridgehead atoms. The van der Waals surface area contributed by atoms with E-state index in [0.29, 0.717) is 36.2 Å². The lowest BCUT2D eigenvalue weighted by molar-refractivity contribution is -0.118. The number of nitrogens with one attached hydrogen (secondary N) is 1. The van der Waals surface area contributed by atoms with Gasteiger partial charge in [0.1, 0.15) is 5.82 Å². The van der Waals surface area contributed by atoms with Crippen molar-refractivity contribution < 1.29 is 28.8 Å². The van der Waals surface area contributed by atoms with Gasteiger partial charge in [-0.05, 0) is 67.6 Å². The van der Waals surface area contributed by atoms with Gasteiger partial charge in [-0.1, -0.05) is 24.3 Å². The molecule has 2 aliphatic heterocycles. The summed E-state index contributed by atoms with van der Waals surface area (Å²) in [4.78, 5) is 18.2. The highest BCUT2D eigenvalue weighted by atomic mass is 32.2. The van der Waals surface area contributed by atoms with Crippen molar-refractivity contribution in [3.8, 4) is 22.8 Å². The van der Waals surface area contributed by atoms with Crippen LogP contribution in [0.4, 0.5) is 5.82 Å². The predicted octanol–water partition coefficient (Wildman–Crippen LogP) is 4.19. The molecule has 200 valence electrons. The van der Waals surface area contributed by atoms with Gasteiger partial charge in [-0.25, -0.2) is 13.4 Å². The quantitative estimate of drug-likeness (QED) is 0.459. The molecule has 1 saturated heterocycles. The van der Waals surface area contributed by atoms with Crippen LogP contribution in [0.5, 0.6) is 11.5 Å². The maximum Gasteiger partial charge on any atom is 0.243 e. The molecule has 6 rings (SSSR count). The SMILES string of the molecule is COC[C@H]1CCCN1S(=O)(=O)c1ccc(-c2cccc(NC(=O)C3(c4ccc5c(c4)OCO5)CC3)n2)cc1.[HH]. The first-order valence-electron chi connectivity index (χ1n) is 12.7. The Hall–Kier alpha value is -3.47. The van der Waals surface area contributed by atoms with E-state index in [-0.39, 0.29) is 25.1 Å². The largest absolute Gasteiger partial charge is 0.454 e. The molecule has 2 fully saturated rings. The van der Waals surface area contributed by atoms with Crippen LogP contribution < -0.4 is 14.8 Å². The summed E-state index contributed by atoms with van der Waals surface area (Å²) in [5, 5.41) is 2.97. The van der Waals surface area contributed by atoms with E-state index >= 15 is 0 Å². The van der Waals surface area contributed by atoms with E-state index in [1.165, 1.54) is 4.31 Å². The highest BCUT2D eigenvalue weighted by Crippen LogP contribution is 2.51. The van der Waals surface area contributed by atoms with Crippen LogP contribution in [0.3, 0.4) is 0 Å². The Morgan fingerprint density at radius 1 is 1.13 bits per heavy atom. The van der Waals surface area contributed by atoms with Crippen LogP contribution in [0.1, 0.15) is 32.7 Å². The summed E-state index contributed by atoms with van der Waals surface area (Å²) in [7, 11) is -2.03. The zero-order valence-corrected chi connectivity index (χ0v) is 21.9. The molecule has 38 heavy (non-hydrogen) atoms. The van der Waals surface area contributed by atoms with Crippen molar-refractivity contribution in [3.63, 3.8) is 0 Å². The summed E-state index contributed by atoms with van der Waals surface area (Å²) in [6, 6.07) is 17.6. The molecule has 0 radical (unpaired) electrons. The van der Waals surface area contributed by atoms with Gasteiger partial charge in [-0.3, -0.25) is 4.79 Å². The van der Waals surface area contributed by atoms with Crippen molar-refractivity contribution >= 4 is 21.7 Å². The number of aromatic nitrogens is 1. The van der Waals surface area contributed by atoms with E-state index in [9.17, 15) is 13.2 Å². The molecule has 3 aliphatic rings. The summed E-state index contributed by atoms with van der Waals surface area (Å²) in [5.74, 6) is 1.67. The van der Waals surface area contributed by atoms with Crippen molar-refractivity contribution in [2.45, 2.75) is 42.0 Å². The number of rotatable bonds is 8. The third-order valence-corrected chi connectivity index (χ3v) is 9.51. The predicted molar refractivity (Wildman–Crippen MR) is 143 cm³/mol. The second-order valence-electron chi connectivity index (χ2n) is 9.90. The van der Waals surface area contributed by atoms with Gasteiger partial charge in [0.05, 0.1) is 22.6 Å². The molecule has 10 heteroatoms. The normalized spacial score (nSPS) is 19.9. The lowest BCUT2D eigenvalue weighted by Gasteiger charge is -2.23. The fourth-order valence-electron chi connectivity index (χ4n) is 5.28. The van der Waals surface area contributed by atoms with Crippen LogP contribution in [0.2, 0.25) is 0 Å². The van der Waals surface area contributed by atoms with Crippen molar-refractivity contribution in [1.29, 1.82) is 0 Å². The van der Waals surface area contributed by atoms with E-state index in [4.69, 9.17) is 14.2 Å². The Morgan fingerprint density at radius 2 is 1.92 bits per heavy atom. The summed E-state index contributed by atoms with van der Waals surface area (Å²) >= 11 is 0. The lowest BCUT2D eigenvalue weighted by atomic mass is 9.94. The van der Waals surface area contributed by atoms with Crippen molar-refractivity contribution in [2.24, 2.45) is 0 Å². The molecular weight excluding hydrogens is 506 g/mol. The molecule has 1 saturated carbocycles. The smallest absolute Gasteiger partial charge is 0.243 e. The Balaban J connectivity index is 0.00000308. The van der Waals surface area contributed by atoms with Crippen LogP contribution in [-0.4, -0.2) is 56.7 Å². The molecular formula is C28H31N3O6S. The van der Waals surface area contributed by atoms with Gasteiger partial charge in [0.15, 0.2) is 11.5 Å². The molecule has 0 spiro atoms. The Bertz CT molecular complexity index is 1480. The fraction of sp³-hybridized carbons (Fsp3) is 0.357.